The number of aromatic carboxylic acids is 1. The van der Waals surface area contributed by atoms with Gasteiger partial charge in [0.15, 0.2) is 5.78 Å². The fourth-order valence-electron chi connectivity index (χ4n) is 6.28. The summed E-state index contributed by atoms with van der Waals surface area (Å²) in [6.45, 7) is 4.49. The van der Waals surface area contributed by atoms with Gasteiger partial charge in [-0.05, 0) is 129 Å². The van der Waals surface area contributed by atoms with Crippen LogP contribution in [0, 0.1) is 0 Å². The van der Waals surface area contributed by atoms with Gasteiger partial charge in [-0.3, -0.25) is 19.2 Å². The number of nitrogens with zero attached hydrogens (tertiary/aromatic N) is 1. The predicted octanol–water partition coefficient (Wildman–Crippen LogP) is 9.68. The quantitative estimate of drug-likeness (QED) is 0.0738. The van der Waals surface area contributed by atoms with Crippen molar-refractivity contribution >= 4 is 58.0 Å². The van der Waals surface area contributed by atoms with Gasteiger partial charge in [0.25, 0.3) is 17.7 Å². The Hall–Kier alpha value is -7.66. The van der Waals surface area contributed by atoms with Crippen molar-refractivity contribution in [2.24, 2.45) is 0 Å². The van der Waals surface area contributed by atoms with Crippen molar-refractivity contribution in [2.45, 2.75) is 33.6 Å². The Morgan fingerprint density at radius 2 is 0.967 bits per heavy atom. The number of anilines is 4. The molecule has 60 heavy (non-hydrogen) atoms. The van der Waals surface area contributed by atoms with Crippen LogP contribution in [-0.2, 0) is 17.6 Å². The molecule has 11 heteroatoms. The topological polar surface area (TPSA) is 162 Å². The van der Waals surface area contributed by atoms with E-state index in [4.69, 9.17) is 0 Å². The largest absolute Gasteiger partial charge is 0.478 e. The summed E-state index contributed by atoms with van der Waals surface area (Å²) in [4.78, 5) is 71.4. The van der Waals surface area contributed by atoms with Crippen LogP contribution in [0.15, 0.2) is 140 Å². The van der Waals surface area contributed by atoms with Crippen LogP contribution in [0.5, 0.6) is 0 Å². The summed E-state index contributed by atoms with van der Waals surface area (Å²) in [5, 5.41) is 18.1. The van der Waals surface area contributed by atoms with E-state index in [1.54, 1.807) is 36.4 Å². The number of fused-ring (bicyclic) bond motifs is 1. The number of hydrogen-bond acceptors (Lipinski definition) is 8. The Morgan fingerprint density at radius 3 is 1.40 bits per heavy atom. The number of rotatable bonds is 11. The number of benzene rings is 6. The number of hydrogen-bond donors (Lipinski definition) is 4. The third kappa shape index (κ3) is 11.3. The zero-order valence-corrected chi connectivity index (χ0v) is 34.0. The first-order chi connectivity index (χ1) is 28.8. The highest BCUT2D eigenvalue weighted by Crippen LogP contribution is 2.30. The van der Waals surface area contributed by atoms with Crippen LogP contribution < -0.4 is 20.9 Å². The van der Waals surface area contributed by atoms with Crippen molar-refractivity contribution in [3.8, 4) is 0 Å². The molecule has 0 atom stereocenters. The second-order valence-electron chi connectivity index (χ2n) is 14.1. The van der Waals surface area contributed by atoms with E-state index >= 15 is 0 Å². The van der Waals surface area contributed by atoms with Crippen LogP contribution >= 0.6 is 0 Å². The Labute approximate surface area is 352 Å². The summed E-state index contributed by atoms with van der Waals surface area (Å²) in [6.07, 6.45) is 1.55. The summed E-state index contributed by atoms with van der Waals surface area (Å²) in [7, 11) is 3.77. The van der Waals surface area contributed by atoms with Crippen LogP contribution in [0.1, 0.15) is 97.7 Å². The molecule has 6 aromatic carbocycles. The Kier molecular flexibility index (Phi) is 14.6. The highest BCUT2D eigenvalue weighted by atomic mass is 16.4. The van der Waals surface area contributed by atoms with E-state index in [1.165, 1.54) is 55.0 Å². The molecule has 3 amide bonds. The smallest absolute Gasteiger partial charge is 0.336 e. The lowest BCUT2D eigenvalue weighted by atomic mass is 10.0. The lowest BCUT2D eigenvalue weighted by Crippen LogP contribution is -2.29. The van der Waals surface area contributed by atoms with E-state index in [9.17, 15) is 33.9 Å². The molecule has 0 fully saturated rings. The highest BCUT2D eigenvalue weighted by molar-refractivity contribution is 6.34. The normalized spacial score (nSPS) is 11.2. The second-order valence-corrected chi connectivity index (χ2v) is 14.1. The van der Waals surface area contributed by atoms with E-state index in [0.717, 1.165) is 35.3 Å². The molecule has 0 unspecified atom stereocenters. The minimum absolute atomic E-state index is 0. The molecular weight excluding hydrogens is 757 g/mol. The predicted molar refractivity (Wildman–Crippen MR) is 240 cm³/mol. The van der Waals surface area contributed by atoms with E-state index in [2.05, 4.69) is 40.2 Å². The van der Waals surface area contributed by atoms with Crippen LogP contribution in [0.25, 0.3) is 0 Å². The maximum Gasteiger partial charge on any atom is 0.336 e. The van der Waals surface area contributed by atoms with Crippen LogP contribution in [-0.4, -0.2) is 54.5 Å². The van der Waals surface area contributed by atoms with E-state index in [-0.39, 0.29) is 37.0 Å². The van der Waals surface area contributed by atoms with Crippen molar-refractivity contribution < 1.29 is 36.7 Å². The molecule has 0 saturated heterocycles. The average Bonchev–Trinajstić information content (AvgIpc) is 3.50. The van der Waals surface area contributed by atoms with Gasteiger partial charge in [-0.15, -0.1) is 0 Å². The molecule has 7 rings (SSSR count). The number of carboxylic acids is 1. The number of Topliss-reactive ketones (excluding diaryl/α,β-unsaturated/α-hetero) is 2. The summed E-state index contributed by atoms with van der Waals surface area (Å²) >= 11 is 0. The van der Waals surface area contributed by atoms with Gasteiger partial charge in [0.2, 0.25) is 0 Å². The van der Waals surface area contributed by atoms with Crippen molar-refractivity contribution in [3.05, 3.63) is 190 Å². The zero-order chi connectivity index (χ0) is 43.3. The van der Waals surface area contributed by atoms with Gasteiger partial charge in [-0.1, -0.05) is 66.7 Å². The first-order valence-electron chi connectivity index (χ1n) is 19.1. The fraction of sp³-hybridized carbons (Fsp3) is 0.143. The zero-order valence-electron chi connectivity index (χ0n) is 34.0. The van der Waals surface area contributed by atoms with Crippen molar-refractivity contribution in [1.82, 2.24) is 0 Å². The average molecular weight is 807 g/mol. The fourth-order valence-corrected chi connectivity index (χ4v) is 6.28. The van der Waals surface area contributed by atoms with Crippen LogP contribution in [0.2, 0.25) is 0 Å². The van der Waals surface area contributed by atoms with Crippen molar-refractivity contribution in [2.75, 3.05) is 34.9 Å². The molecule has 1 heterocycles. The number of imide groups is 1. The van der Waals surface area contributed by atoms with Gasteiger partial charge in [0.1, 0.15) is 5.78 Å². The number of carboxylic acid groups (broad SMARTS) is 1. The Morgan fingerprint density at radius 1 is 0.550 bits per heavy atom. The molecule has 0 aromatic heterocycles. The first kappa shape index (κ1) is 43.5. The van der Waals surface area contributed by atoms with E-state index in [0.29, 0.717) is 22.5 Å². The summed E-state index contributed by atoms with van der Waals surface area (Å²) in [6, 6.07) is 42.1. The van der Waals surface area contributed by atoms with Gasteiger partial charge in [0.05, 0.1) is 27.9 Å². The highest BCUT2D eigenvalue weighted by Gasteiger charge is 2.37. The second kappa shape index (κ2) is 20.2. The lowest BCUT2D eigenvalue weighted by molar-refractivity contribution is -0.115. The maximum atomic E-state index is 12.8. The molecule has 11 nitrogen and oxygen atoms in total. The Balaban J connectivity index is 0.000000296. The third-order valence-electron chi connectivity index (χ3n) is 9.40. The van der Waals surface area contributed by atoms with Gasteiger partial charge in [-0.25, -0.2) is 9.69 Å². The minimum Gasteiger partial charge on any atom is -0.478 e. The lowest BCUT2D eigenvalue weighted by Gasteiger charge is -2.14. The van der Waals surface area contributed by atoms with Crippen molar-refractivity contribution in [1.29, 1.82) is 0 Å². The molecule has 0 spiro atoms. The minimum atomic E-state index is -1.12. The molecule has 0 aliphatic carbocycles. The summed E-state index contributed by atoms with van der Waals surface area (Å²) in [5.74, 6) is -2.30. The van der Waals surface area contributed by atoms with Crippen LogP contribution in [0.4, 0.5) is 22.7 Å². The molecule has 308 valence electrons. The third-order valence-corrected chi connectivity index (χ3v) is 9.40. The maximum absolute atomic E-state index is 12.8. The summed E-state index contributed by atoms with van der Waals surface area (Å²) in [5.41, 5.74) is 8.99. The molecule has 1 aliphatic rings. The van der Waals surface area contributed by atoms with Gasteiger partial charge in [-0.2, -0.15) is 0 Å². The van der Waals surface area contributed by atoms with Crippen molar-refractivity contribution in [3.63, 3.8) is 0 Å². The first-order valence-corrected chi connectivity index (χ1v) is 19.1. The number of carbonyl (C=O) groups is 6. The molecule has 6 aromatic rings. The molecular formula is C49H50N4O7. The Bertz CT molecular complexity index is 2520. The van der Waals surface area contributed by atoms with Gasteiger partial charge < -0.3 is 25.9 Å². The number of amides is 3. The van der Waals surface area contributed by atoms with Gasteiger partial charge in [0, 0.05) is 39.6 Å². The molecule has 0 bridgehead atoms. The monoisotopic (exact) mass is 806 g/mol. The molecule has 0 radical (unpaired) electrons. The molecule has 0 saturated carbocycles. The van der Waals surface area contributed by atoms with Gasteiger partial charge >= 0.3 is 5.97 Å². The summed E-state index contributed by atoms with van der Waals surface area (Å²) < 4.78 is 0. The number of ketones is 2. The standard InChI is InChI=1S/C24H20N2O3.C22H20N2O3.C3H6O.2H2/c1-15(27)18-7-12-21-22(14-18)24(29)26(23(21)28)20-10-5-17(6-11-20)13-16-3-8-19(25-2)9-4-16;1-23-17-10-6-15(7-11-17)14-16-8-12-18(13-9-16)24-21(25)19-4-2-3-5-20(19)22(26)27;1-3(2)4;;/h3-12,14,25H,13H2,1-2H3;2-13,23H,14H2,1H3,(H,24,25)(H,26,27);1-2H3;2*1H. The van der Waals surface area contributed by atoms with E-state index in [1.807, 2.05) is 74.8 Å². The van der Waals surface area contributed by atoms with E-state index < -0.39 is 17.8 Å². The SMILES string of the molecule is CC(C)=O.CNc1ccc(Cc2ccc(N3C(=O)c4ccc(C(C)=O)cc4C3=O)cc2)cc1.CNc1ccc(Cc2ccc(NC(=O)c3ccccc3C(=O)O)cc2)cc1.[HH].[HH]. The molecule has 1 aliphatic heterocycles. The molecule has 4 N–H and O–H groups in total. The van der Waals surface area contributed by atoms with Crippen LogP contribution in [0.3, 0.4) is 0 Å². The number of carbonyl (C=O) groups excluding carboxylic acids is 5. The number of nitrogens with one attached hydrogen (secondary N) is 3.